The molecule has 0 spiro atoms. The summed E-state index contributed by atoms with van der Waals surface area (Å²) in [7, 11) is 0. The van der Waals surface area contributed by atoms with Crippen LogP contribution in [-0.4, -0.2) is 57.4 Å². The lowest BCUT2D eigenvalue weighted by atomic mass is 9.93. The highest BCUT2D eigenvalue weighted by Crippen LogP contribution is 2.29. The van der Waals surface area contributed by atoms with Gasteiger partial charge in [0.1, 0.15) is 23.9 Å². The summed E-state index contributed by atoms with van der Waals surface area (Å²) in [5.74, 6) is 0. The summed E-state index contributed by atoms with van der Waals surface area (Å²) in [6, 6.07) is 10.1. The van der Waals surface area contributed by atoms with Crippen molar-refractivity contribution in [2.75, 3.05) is 11.9 Å². The largest absolute Gasteiger partial charge is 0.422 e. The molecule has 1 fully saturated rings. The number of fused-ring (bicyclic) bond motifs is 1. The molecule has 0 radical (unpaired) electrons. The number of nitrogens with zero attached hydrogens (tertiary/aromatic N) is 1. The molecule has 3 aromatic rings. The van der Waals surface area contributed by atoms with Gasteiger partial charge >= 0.3 is 5.63 Å². The van der Waals surface area contributed by atoms with E-state index in [1.54, 1.807) is 31.3 Å². The number of hydrogen-bond acceptors (Lipinski definition) is 8. The van der Waals surface area contributed by atoms with E-state index in [0.29, 0.717) is 22.5 Å². The van der Waals surface area contributed by atoms with E-state index in [-0.39, 0.29) is 6.61 Å². The lowest BCUT2D eigenvalue weighted by Gasteiger charge is -2.41. The zero-order valence-electron chi connectivity index (χ0n) is 16.6. The molecule has 0 amide bonds. The first-order valence-corrected chi connectivity index (χ1v) is 9.78. The van der Waals surface area contributed by atoms with E-state index in [0.717, 1.165) is 10.9 Å². The van der Waals surface area contributed by atoms with Crippen LogP contribution in [0.15, 0.2) is 51.8 Å². The lowest BCUT2D eigenvalue weighted by Crippen LogP contribution is -2.60. The highest BCUT2D eigenvalue weighted by atomic mass is 16.5. The average Bonchev–Trinajstić information content (AvgIpc) is 2.74. The van der Waals surface area contributed by atoms with E-state index in [1.165, 1.54) is 0 Å². The van der Waals surface area contributed by atoms with Crippen LogP contribution in [0.2, 0.25) is 0 Å². The van der Waals surface area contributed by atoms with Crippen LogP contribution < -0.4 is 10.9 Å². The number of pyridine rings is 1. The normalized spacial score (nSPS) is 26.6. The van der Waals surface area contributed by atoms with Crippen molar-refractivity contribution < 1.29 is 24.5 Å². The molecular weight excluding hydrogens is 388 g/mol. The average molecular weight is 412 g/mol. The van der Waals surface area contributed by atoms with Crippen molar-refractivity contribution in [1.29, 1.82) is 0 Å². The van der Waals surface area contributed by atoms with Gasteiger partial charge in [0.2, 0.25) is 0 Å². The van der Waals surface area contributed by atoms with Crippen molar-refractivity contribution in [2.45, 2.75) is 44.3 Å². The number of nitrogens with one attached hydrogen (secondary N) is 1. The molecule has 1 aliphatic heterocycles. The molecule has 2 aromatic heterocycles. The van der Waals surface area contributed by atoms with Crippen LogP contribution in [0.5, 0.6) is 0 Å². The summed E-state index contributed by atoms with van der Waals surface area (Å²) in [4.78, 5) is 16.9. The Labute approximate surface area is 172 Å². The Hall–Kier alpha value is -2.78. The van der Waals surface area contributed by atoms with Crippen molar-refractivity contribution in [3.8, 4) is 11.3 Å². The number of aliphatic hydroxyl groups is 3. The summed E-state index contributed by atoms with van der Waals surface area (Å²) in [5, 5.41) is 33.8. The third-order valence-electron chi connectivity index (χ3n) is 5.60. The van der Waals surface area contributed by atoms with Gasteiger partial charge < -0.3 is 29.8 Å². The number of rotatable bonds is 4. The molecule has 4 rings (SSSR count). The zero-order chi connectivity index (χ0) is 21.4. The van der Waals surface area contributed by atoms with Crippen LogP contribution in [0.25, 0.3) is 22.2 Å². The van der Waals surface area contributed by atoms with Crippen molar-refractivity contribution in [3.05, 3.63) is 58.6 Å². The molecule has 158 valence electrons. The number of benzene rings is 1. The minimum Gasteiger partial charge on any atom is -0.422 e. The second-order valence-electron chi connectivity index (χ2n) is 7.53. The monoisotopic (exact) mass is 412 g/mol. The smallest absolute Gasteiger partial charge is 0.346 e. The molecule has 5 unspecified atom stereocenters. The number of aromatic nitrogens is 1. The van der Waals surface area contributed by atoms with E-state index >= 15 is 0 Å². The Balaban J connectivity index is 1.67. The molecule has 5 atom stereocenters. The van der Waals surface area contributed by atoms with Gasteiger partial charge in [-0.3, -0.25) is 4.98 Å². The molecule has 4 N–H and O–H groups in total. The first kappa shape index (κ1) is 20.5. The van der Waals surface area contributed by atoms with Crippen molar-refractivity contribution in [1.82, 2.24) is 4.98 Å². The lowest BCUT2D eigenvalue weighted by molar-refractivity contribution is -0.180. The summed E-state index contributed by atoms with van der Waals surface area (Å²) in [6.45, 7) is 3.22. The number of hydrogen-bond donors (Lipinski definition) is 4. The van der Waals surface area contributed by atoms with Crippen LogP contribution >= 0.6 is 0 Å². The number of aliphatic hydroxyl groups excluding tert-OH is 3. The molecule has 1 saturated heterocycles. The molecule has 8 nitrogen and oxygen atoms in total. The Bertz CT molecular complexity index is 1100. The fraction of sp³-hybridized carbons (Fsp3) is 0.364. The number of ether oxygens (including phenoxy) is 1. The summed E-state index contributed by atoms with van der Waals surface area (Å²) < 4.78 is 11.1. The van der Waals surface area contributed by atoms with Crippen molar-refractivity contribution in [3.63, 3.8) is 0 Å². The van der Waals surface area contributed by atoms with E-state index in [4.69, 9.17) is 9.15 Å². The van der Waals surface area contributed by atoms with Crippen molar-refractivity contribution in [2.24, 2.45) is 0 Å². The summed E-state index contributed by atoms with van der Waals surface area (Å²) in [5.41, 5.74) is 2.26. The van der Waals surface area contributed by atoms with E-state index in [9.17, 15) is 20.1 Å². The van der Waals surface area contributed by atoms with Gasteiger partial charge in [-0.2, -0.15) is 0 Å². The van der Waals surface area contributed by atoms with E-state index in [2.05, 4.69) is 10.3 Å². The summed E-state index contributed by atoms with van der Waals surface area (Å²) in [6.07, 6.45) is -2.03. The van der Waals surface area contributed by atoms with Gasteiger partial charge in [-0.05, 0) is 43.7 Å². The van der Waals surface area contributed by atoms with Gasteiger partial charge in [-0.15, -0.1) is 0 Å². The molecule has 1 aliphatic rings. The summed E-state index contributed by atoms with van der Waals surface area (Å²) >= 11 is 0. The molecule has 3 heterocycles. The Morgan fingerprint density at radius 1 is 1.17 bits per heavy atom. The minimum absolute atomic E-state index is 0.381. The molecule has 8 heteroatoms. The molecule has 0 bridgehead atoms. The first-order valence-electron chi connectivity index (χ1n) is 9.78. The second kappa shape index (κ2) is 8.16. The molecular formula is C22H24N2O6. The van der Waals surface area contributed by atoms with Gasteiger partial charge in [0.05, 0.1) is 30.0 Å². The second-order valence-corrected chi connectivity index (χ2v) is 7.53. The van der Waals surface area contributed by atoms with Crippen LogP contribution in [0.4, 0.5) is 5.69 Å². The Kier molecular flexibility index (Phi) is 5.57. The zero-order valence-corrected chi connectivity index (χ0v) is 16.6. The predicted octanol–water partition coefficient (Wildman–Crippen LogP) is 1.45. The fourth-order valence-electron chi connectivity index (χ4n) is 3.95. The van der Waals surface area contributed by atoms with Gasteiger partial charge in [-0.1, -0.05) is 6.07 Å². The van der Waals surface area contributed by atoms with Gasteiger partial charge in [0.25, 0.3) is 0 Å². The Morgan fingerprint density at radius 2 is 1.97 bits per heavy atom. The maximum absolute atomic E-state index is 12.6. The quantitative estimate of drug-likeness (QED) is 0.475. The van der Waals surface area contributed by atoms with Crippen LogP contribution in [0.3, 0.4) is 0 Å². The van der Waals surface area contributed by atoms with E-state index < -0.39 is 36.1 Å². The first-order chi connectivity index (χ1) is 14.4. The predicted molar refractivity (Wildman–Crippen MR) is 111 cm³/mol. The highest BCUT2D eigenvalue weighted by molar-refractivity contribution is 5.88. The van der Waals surface area contributed by atoms with Crippen LogP contribution in [-0.2, 0) is 4.74 Å². The standard InChI is InChI=1S/C22H24N2O6/c1-11-14-7-6-13(24-19-12(2)29-17(10-25)20(26)21(19)27)9-16(14)30-22(28)18(11)15-5-3-4-8-23-15/h3-9,12,17,19-21,24-27H,10H2,1-2H3. The topological polar surface area (TPSA) is 125 Å². The van der Waals surface area contributed by atoms with Gasteiger partial charge in [-0.25, -0.2) is 4.79 Å². The SMILES string of the molecule is Cc1c(-c2ccccn2)c(=O)oc2cc(NC3C(C)OC(CO)C(O)C3O)ccc12. The fourth-order valence-corrected chi connectivity index (χ4v) is 3.95. The van der Waals surface area contributed by atoms with Crippen molar-refractivity contribution >= 4 is 16.7 Å². The van der Waals surface area contributed by atoms with E-state index in [1.807, 2.05) is 25.1 Å². The molecule has 30 heavy (non-hydrogen) atoms. The van der Waals surface area contributed by atoms with Crippen LogP contribution in [0, 0.1) is 6.92 Å². The minimum atomic E-state index is -1.22. The van der Waals surface area contributed by atoms with Crippen LogP contribution in [0.1, 0.15) is 12.5 Å². The molecule has 0 saturated carbocycles. The molecule has 0 aliphatic carbocycles. The third kappa shape index (κ3) is 3.59. The Morgan fingerprint density at radius 3 is 2.67 bits per heavy atom. The number of anilines is 1. The highest BCUT2D eigenvalue weighted by Gasteiger charge is 2.42. The third-order valence-corrected chi connectivity index (χ3v) is 5.60. The maximum atomic E-state index is 12.6. The van der Waals surface area contributed by atoms with Gasteiger partial charge in [0, 0.05) is 23.3 Å². The van der Waals surface area contributed by atoms with Gasteiger partial charge in [0.15, 0.2) is 0 Å². The number of aryl methyl sites for hydroxylation is 1. The maximum Gasteiger partial charge on any atom is 0.346 e. The molecule has 1 aromatic carbocycles.